The van der Waals surface area contributed by atoms with Crippen LogP contribution in [0.5, 0.6) is 0 Å². The average molecular weight is 335 g/mol. The summed E-state index contributed by atoms with van der Waals surface area (Å²) in [5, 5.41) is 14.8. The van der Waals surface area contributed by atoms with Crippen molar-refractivity contribution >= 4 is 52.0 Å². The van der Waals surface area contributed by atoms with Crippen LogP contribution in [-0.4, -0.2) is 4.98 Å². The van der Waals surface area contributed by atoms with Crippen molar-refractivity contribution in [3.05, 3.63) is 55.5 Å². The Morgan fingerprint density at radius 3 is 2.50 bits per heavy atom. The van der Waals surface area contributed by atoms with Gasteiger partial charge in [0, 0.05) is 11.2 Å². The fraction of sp³-hybridized carbons (Fsp3) is 0. The van der Waals surface area contributed by atoms with Gasteiger partial charge in [-0.05, 0) is 28.5 Å². The number of allylic oxidation sites excluding steroid dienone is 1. The normalized spacial score (nSPS) is 13.5. The van der Waals surface area contributed by atoms with Crippen LogP contribution in [0.4, 0.5) is 0 Å². The maximum atomic E-state index is 9.34. The predicted octanol–water partition coefficient (Wildman–Crippen LogP) is 5.61. The van der Waals surface area contributed by atoms with Crippen molar-refractivity contribution in [1.82, 2.24) is 4.98 Å². The van der Waals surface area contributed by atoms with E-state index in [-0.39, 0.29) is 0 Å². The van der Waals surface area contributed by atoms with Crippen molar-refractivity contribution in [2.75, 3.05) is 0 Å². The van der Waals surface area contributed by atoms with Gasteiger partial charge in [-0.3, -0.25) is 0 Å². The van der Waals surface area contributed by atoms with Gasteiger partial charge in [0.15, 0.2) is 0 Å². The molecule has 1 aliphatic heterocycles. The monoisotopic (exact) mass is 334 g/mol. The second kappa shape index (κ2) is 6.06. The summed E-state index contributed by atoms with van der Waals surface area (Å²) in [4.78, 5) is 5.41. The van der Waals surface area contributed by atoms with Crippen LogP contribution in [0.2, 0.25) is 5.02 Å². The van der Waals surface area contributed by atoms with E-state index in [1.165, 1.54) is 11.3 Å². The first kappa shape index (κ1) is 13.8. The first-order valence-corrected chi connectivity index (χ1v) is 8.58. The number of halogens is 1. The maximum absolute atomic E-state index is 9.34. The first-order valence-electron chi connectivity index (χ1n) is 5.63. The standard InChI is InChI=1S/C14H7ClN2S3/c15-10-3-1-9(2-4-10)12-8-17-13(20-12)11(7-16)14-18-5-6-19-14/h1-6,8H. The lowest BCUT2D eigenvalue weighted by Gasteiger charge is -1.98. The van der Waals surface area contributed by atoms with E-state index in [2.05, 4.69) is 11.1 Å². The predicted molar refractivity (Wildman–Crippen MR) is 89.4 cm³/mol. The van der Waals surface area contributed by atoms with Crippen LogP contribution in [0.15, 0.2) is 45.5 Å². The largest absolute Gasteiger partial charge is 0.243 e. The number of benzene rings is 1. The summed E-state index contributed by atoms with van der Waals surface area (Å²) >= 11 is 10.5. The molecule has 0 aliphatic carbocycles. The molecule has 1 aromatic carbocycles. The Balaban J connectivity index is 1.96. The minimum atomic E-state index is 0.648. The summed E-state index contributed by atoms with van der Waals surface area (Å²) in [6.07, 6.45) is 1.80. The summed E-state index contributed by atoms with van der Waals surface area (Å²) in [6.45, 7) is 0. The van der Waals surface area contributed by atoms with Crippen molar-refractivity contribution in [2.24, 2.45) is 0 Å². The van der Waals surface area contributed by atoms with Gasteiger partial charge in [-0.2, -0.15) is 5.26 Å². The third-order valence-electron chi connectivity index (χ3n) is 2.57. The lowest BCUT2D eigenvalue weighted by Crippen LogP contribution is -1.80. The van der Waals surface area contributed by atoms with E-state index in [0.717, 1.165) is 19.7 Å². The number of nitriles is 1. The molecule has 1 aromatic heterocycles. The molecule has 2 aromatic rings. The maximum Gasteiger partial charge on any atom is 0.136 e. The highest BCUT2D eigenvalue weighted by atomic mass is 35.5. The molecule has 3 rings (SSSR count). The Kier molecular flexibility index (Phi) is 4.18. The second-order valence-electron chi connectivity index (χ2n) is 3.82. The Morgan fingerprint density at radius 1 is 1.15 bits per heavy atom. The van der Waals surface area contributed by atoms with Crippen LogP contribution in [0.1, 0.15) is 5.01 Å². The summed E-state index contributed by atoms with van der Waals surface area (Å²) in [5.74, 6) is 0. The molecule has 0 bridgehead atoms. The van der Waals surface area contributed by atoms with E-state index >= 15 is 0 Å². The minimum absolute atomic E-state index is 0.648. The van der Waals surface area contributed by atoms with Crippen molar-refractivity contribution in [1.29, 1.82) is 5.26 Å². The lowest BCUT2D eigenvalue weighted by atomic mass is 10.2. The van der Waals surface area contributed by atoms with Crippen LogP contribution in [0.25, 0.3) is 16.0 Å². The molecule has 0 saturated carbocycles. The van der Waals surface area contributed by atoms with E-state index < -0.39 is 0 Å². The summed E-state index contributed by atoms with van der Waals surface area (Å²) in [7, 11) is 0. The summed E-state index contributed by atoms with van der Waals surface area (Å²) < 4.78 is 0.990. The van der Waals surface area contributed by atoms with E-state index in [4.69, 9.17) is 11.6 Å². The molecule has 2 heterocycles. The number of aromatic nitrogens is 1. The zero-order valence-corrected chi connectivity index (χ0v) is 13.2. The molecule has 0 atom stereocenters. The molecule has 0 fully saturated rings. The van der Waals surface area contributed by atoms with Gasteiger partial charge < -0.3 is 0 Å². The highest BCUT2D eigenvalue weighted by Gasteiger charge is 2.16. The Bertz CT molecular complexity index is 729. The van der Waals surface area contributed by atoms with Gasteiger partial charge in [-0.1, -0.05) is 47.3 Å². The Morgan fingerprint density at radius 2 is 1.85 bits per heavy atom. The fourth-order valence-corrected chi connectivity index (χ4v) is 4.59. The molecule has 20 heavy (non-hydrogen) atoms. The highest BCUT2D eigenvalue weighted by Crippen LogP contribution is 2.43. The van der Waals surface area contributed by atoms with E-state index in [1.54, 1.807) is 29.7 Å². The van der Waals surface area contributed by atoms with Crippen LogP contribution in [0, 0.1) is 11.3 Å². The van der Waals surface area contributed by atoms with Gasteiger partial charge in [0.05, 0.1) is 9.11 Å². The Labute approximate surface area is 134 Å². The smallest absolute Gasteiger partial charge is 0.136 e. The highest BCUT2D eigenvalue weighted by molar-refractivity contribution is 8.27. The number of nitrogens with zero attached hydrogens (tertiary/aromatic N) is 2. The van der Waals surface area contributed by atoms with Crippen LogP contribution >= 0.6 is 46.5 Å². The molecule has 0 spiro atoms. The van der Waals surface area contributed by atoms with Gasteiger partial charge in [0.25, 0.3) is 0 Å². The third-order valence-corrected chi connectivity index (χ3v) is 6.02. The van der Waals surface area contributed by atoms with Crippen molar-refractivity contribution < 1.29 is 0 Å². The third kappa shape index (κ3) is 2.79. The number of rotatable bonds is 2. The van der Waals surface area contributed by atoms with Crippen LogP contribution in [-0.2, 0) is 0 Å². The first-order chi connectivity index (χ1) is 9.78. The van der Waals surface area contributed by atoms with E-state index in [1.807, 2.05) is 35.1 Å². The molecule has 0 unspecified atom stereocenters. The van der Waals surface area contributed by atoms with Gasteiger partial charge >= 0.3 is 0 Å². The molecule has 0 amide bonds. The topological polar surface area (TPSA) is 36.7 Å². The van der Waals surface area contributed by atoms with E-state index in [0.29, 0.717) is 10.6 Å². The molecule has 2 nitrogen and oxygen atoms in total. The number of thiazole rings is 1. The van der Waals surface area contributed by atoms with Gasteiger partial charge in [-0.25, -0.2) is 4.98 Å². The zero-order chi connectivity index (χ0) is 13.9. The molecular weight excluding hydrogens is 328 g/mol. The average Bonchev–Trinajstić information content (AvgIpc) is 3.12. The molecule has 0 saturated heterocycles. The molecule has 1 aliphatic rings. The SMILES string of the molecule is N#CC(=C1SC=CS1)c1ncc(-c2ccc(Cl)cc2)s1. The molecule has 6 heteroatoms. The summed E-state index contributed by atoms with van der Waals surface area (Å²) in [6, 6.07) is 9.88. The molecule has 0 N–H and O–H groups in total. The molecule has 98 valence electrons. The minimum Gasteiger partial charge on any atom is -0.243 e. The van der Waals surface area contributed by atoms with Crippen LogP contribution in [0.3, 0.4) is 0 Å². The Hall–Kier alpha value is -1.19. The second-order valence-corrected chi connectivity index (χ2v) is 7.38. The van der Waals surface area contributed by atoms with Crippen LogP contribution < -0.4 is 0 Å². The lowest BCUT2D eigenvalue weighted by molar-refractivity contribution is 1.37. The van der Waals surface area contributed by atoms with Crippen molar-refractivity contribution in [3.8, 4) is 16.5 Å². The molecular formula is C14H7ClN2S3. The molecule has 0 radical (unpaired) electrons. The van der Waals surface area contributed by atoms with Gasteiger partial charge in [-0.15, -0.1) is 11.3 Å². The number of hydrogen-bond acceptors (Lipinski definition) is 5. The zero-order valence-electron chi connectivity index (χ0n) is 10.0. The summed E-state index contributed by atoms with van der Waals surface area (Å²) in [5.41, 5.74) is 1.71. The fourth-order valence-electron chi connectivity index (χ4n) is 1.64. The number of thioether (sulfide) groups is 2. The van der Waals surface area contributed by atoms with Gasteiger partial charge in [0.1, 0.15) is 16.6 Å². The van der Waals surface area contributed by atoms with Crippen molar-refractivity contribution in [2.45, 2.75) is 0 Å². The van der Waals surface area contributed by atoms with Gasteiger partial charge in [0.2, 0.25) is 0 Å². The van der Waals surface area contributed by atoms with Crippen molar-refractivity contribution in [3.63, 3.8) is 0 Å². The van der Waals surface area contributed by atoms with E-state index in [9.17, 15) is 5.26 Å². The quantitative estimate of drug-likeness (QED) is 0.669. The number of hydrogen-bond donors (Lipinski definition) is 0.